The predicted octanol–water partition coefficient (Wildman–Crippen LogP) is 2.58. The number of pyridine rings is 1. The molecule has 0 saturated heterocycles. The van der Waals surface area contributed by atoms with Crippen LogP contribution in [0.4, 0.5) is 0 Å². The highest BCUT2D eigenvalue weighted by atomic mass is 35.5. The number of nitrogens with two attached hydrogens (primary N) is 1. The molecular formula is C15H16ClN5OS. The monoisotopic (exact) mass is 349 g/mol. The summed E-state index contributed by atoms with van der Waals surface area (Å²) >= 11 is 7.43. The second-order valence-electron chi connectivity index (χ2n) is 5.90. The van der Waals surface area contributed by atoms with Crippen LogP contribution < -0.4 is 11.1 Å². The molecule has 0 spiro atoms. The van der Waals surface area contributed by atoms with E-state index in [1.165, 1.54) is 0 Å². The Balaban J connectivity index is 1.91. The highest BCUT2D eigenvalue weighted by molar-refractivity contribution is 7.18. The summed E-state index contributed by atoms with van der Waals surface area (Å²) < 4.78 is 2.20. The second kappa shape index (κ2) is 5.92. The van der Waals surface area contributed by atoms with E-state index in [9.17, 15) is 4.79 Å². The summed E-state index contributed by atoms with van der Waals surface area (Å²) in [5.74, 6) is -0.279. The largest absolute Gasteiger partial charge is 0.348 e. The number of nitrogens with zero attached hydrogens (tertiary/aromatic N) is 3. The molecule has 0 saturated carbocycles. The van der Waals surface area contributed by atoms with Gasteiger partial charge in [-0.3, -0.25) is 4.79 Å². The summed E-state index contributed by atoms with van der Waals surface area (Å²) in [6, 6.07) is 5.73. The van der Waals surface area contributed by atoms with Gasteiger partial charge in [0.1, 0.15) is 10.0 Å². The predicted molar refractivity (Wildman–Crippen MR) is 91.9 cm³/mol. The summed E-state index contributed by atoms with van der Waals surface area (Å²) in [6.07, 6.45) is 3.54. The average molecular weight is 350 g/mol. The smallest absolute Gasteiger partial charge is 0.280 e. The van der Waals surface area contributed by atoms with Gasteiger partial charge in [-0.15, -0.1) is 0 Å². The topological polar surface area (TPSA) is 85.3 Å². The zero-order valence-corrected chi connectivity index (χ0v) is 14.3. The van der Waals surface area contributed by atoms with Crippen molar-refractivity contribution >= 4 is 34.4 Å². The number of carbonyl (C=O) groups excluding carboxylic acids is 1. The van der Waals surface area contributed by atoms with E-state index in [-0.39, 0.29) is 5.91 Å². The molecule has 0 atom stereocenters. The van der Waals surface area contributed by atoms with E-state index >= 15 is 0 Å². The minimum Gasteiger partial charge on any atom is -0.348 e. The van der Waals surface area contributed by atoms with Crippen molar-refractivity contribution in [3.05, 3.63) is 39.9 Å². The molecule has 0 radical (unpaired) electrons. The van der Waals surface area contributed by atoms with Gasteiger partial charge in [0.05, 0.1) is 11.7 Å². The van der Waals surface area contributed by atoms with E-state index in [4.69, 9.17) is 17.3 Å². The van der Waals surface area contributed by atoms with Crippen molar-refractivity contribution in [1.29, 1.82) is 0 Å². The number of carbonyl (C=O) groups is 1. The lowest BCUT2D eigenvalue weighted by Gasteiger charge is -2.18. The molecule has 3 rings (SSSR count). The van der Waals surface area contributed by atoms with Crippen molar-refractivity contribution in [2.45, 2.75) is 19.4 Å². The van der Waals surface area contributed by atoms with E-state index in [1.54, 1.807) is 10.7 Å². The van der Waals surface area contributed by atoms with Crippen LogP contribution in [0.25, 0.3) is 16.8 Å². The Hall–Kier alpha value is -1.96. The van der Waals surface area contributed by atoms with Crippen LogP contribution in [0, 0.1) is 0 Å². The zero-order chi connectivity index (χ0) is 16.6. The molecule has 0 fully saturated rings. The first kappa shape index (κ1) is 15.9. The van der Waals surface area contributed by atoms with Gasteiger partial charge in [0, 0.05) is 23.8 Å². The lowest BCUT2D eigenvalue weighted by atomic mass is 10.1. The Morgan fingerprint density at radius 2 is 2.26 bits per heavy atom. The molecule has 3 heterocycles. The molecule has 23 heavy (non-hydrogen) atoms. The molecule has 120 valence electrons. The number of hydrogen-bond donors (Lipinski definition) is 2. The quantitative estimate of drug-likeness (QED) is 0.758. The Morgan fingerprint density at radius 3 is 3.00 bits per heavy atom. The highest BCUT2D eigenvalue weighted by Gasteiger charge is 2.20. The minimum absolute atomic E-state index is 0.279. The van der Waals surface area contributed by atoms with Gasteiger partial charge in [0.25, 0.3) is 5.91 Å². The third-order valence-electron chi connectivity index (χ3n) is 3.17. The van der Waals surface area contributed by atoms with Crippen LogP contribution in [-0.4, -0.2) is 32.6 Å². The van der Waals surface area contributed by atoms with Crippen LogP contribution in [0.5, 0.6) is 0 Å². The van der Waals surface area contributed by atoms with Crippen LogP contribution in [0.15, 0.2) is 30.6 Å². The van der Waals surface area contributed by atoms with Gasteiger partial charge >= 0.3 is 0 Å². The summed E-state index contributed by atoms with van der Waals surface area (Å²) in [5.41, 5.74) is 7.63. The third kappa shape index (κ3) is 3.36. The van der Waals surface area contributed by atoms with Gasteiger partial charge in [-0.05, 0) is 26.0 Å². The average Bonchev–Trinajstić information content (AvgIpc) is 3.07. The molecule has 3 aromatic heterocycles. The van der Waals surface area contributed by atoms with Crippen molar-refractivity contribution in [1.82, 2.24) is 19.9 Å². The Kier molecular flexibility index (Phi) is 4.09. The fraction of sp³-hybridized carbons (Fsp3) is 0.267. The molecule has 0 bridgehead atoms. The van der Waals surface area contributed by atoms with Crippen LogP contribution in [0.3, 0.4) is 0 Å². The standard InChI is InChI=1S/C15H16ClN5OS/c1-15(2,17)8-18-13(22)14-20-11(12(16)23-14)9-7-19-21-6-4-3-5-10(9)21/h3-7H,8,17H2,1-2H3,(H,18,22). The molecule has 0 aliphatic rings. The van der Waals surface area contributed by atoms with Gasteiger partial charge in [-0.2, -0.15) is 5.10 Å². The van der Waals surface area contributed by atoms with Crippen molar-refractivity contribution in [3.8, 4) is 11.3 Å². The molecule has 0 unspecified atom stereocenters. The Labute approximate surface area is 142 Å². The van der Waals surface area contributed by atoms with E-state index < -0.39 is 5.54 Å². The number of rotatable bonds is 4. The Bertz CT molecular complexity index is 864. The maximum absolute atomic E-state index is 12.2. The van der Waals surface area contributed by atoms with E-state index in [0.29, 0.717) is 21.6 Å². The molecule has 6 nitrogen and oxygen atoms in total. The lowest BCUT2D eigenvalue weighted by molar-refractivity contribution is 0.0946. The molecule has 3 aromatic rings. The summed E-state index contributed by atoms with van der Waals surface area (Å²) in [4.78, 5) is 16.6. The Morgan fingerprint density at radius 1 is 1.48 bits per heavy atom. The van der Waals surface area contributed by atoms with E-state index in [2.05, 4.69) is 15.4 Å². The molecule has 8 heteroatoms. The molecular weight excluding hydrogens is 334 g/mol. The number of aromatic nitrogens is 3. The first-order valence-corrected chi connectivity index (χ1v) is 8.21. The van der Waals surface area contributed by atoms with Gasteiger partial charge in [0.15, 0.2) is 5.01 Å². The first-order chi connectivity index (χ1) is 10.8. The lowest BCUT2D eigenvalue weighted by Crippen LogP contribution is -2.45. The van der Waals surface area contributed by atoms with Gasteiger partial charge in [0.2, 0.25) is 0 Å². The summed E-state index contributed by atoms with van der Waals surface area (Å²) in [5, 5.41) is 7.34. The van der Waals surface area contributed by atoms with Crippen molar-refractivity contribution in [2.24, 2.45) is 5.73 Å². The van der Waals surface area contributed by atoms with Gasteiger partial charge < -0.3 is 11.1 Å². The van der Waals surface area contributed by atoms with Gasteiger partial charge in [-0.25, -0.2) is 9.50 Å². The molecule has 0 aliphatic heterocycles. The number of nitrogens with one attached hydrogen (secondary N) is 1. The molecule has 0 aromatic carbocycles. The number of hydrogen-bond acceptors (Lipinski definition) is 5. The normalized spacial score (nSPS) is 11.8. The number of halogens is 1. The maximum atomic E-state index is 12.2. The van der Waals surface area contributed by atoms with Crippen LogP contribution in [0.2, 0.25) is 4.34 Å². The summed E-state index contributed by atoms with van der Waals surface area (Å²) in [6.45, 7) is 4.04. The van der Waals surface area contributed by atoms with Crippen LogP contribution >= 0.6 is 22.9 Å². The molecule has 0 aliphatic carbocycles. The van der Waals surface area contributed by atoms with Gasteiger partial charge in [-0.1, -0.05) is 29.0 Å². The number of thiazole rings is 1. The number of fused-ring (bicyclic) bond motifs is 1. The van der Waals surface area contributed by atoms with Crippen molar-refractivity contribution in [2.75, 3.05) is 6.54 Å². The molecule has 3 N–H and O–H groups in total. The van der Waals surface area contributed by atoms with Crippen molar-refractivity contribution < 1.29 is 4.79 Å². The van der Waals surface area contributed by atoms with E-state index in [1.807, 2.05) is 38.2 Å². The SMILES string of the molecule is CC(C)(N)CNC(=O)c1nc(-c2cnn3ccccc23)c(Cl)s1. The van der Waals surface area contributed by atoms with Crippen LogP contribution in [0.1, 0.15) is 23.6 Å². The minimum atomic E-state index is -0.484. The highest BCUT2D eigenvalue weighted by Crippen LogP contribution is 2.34. The molecule has 1 amide bonds. The number of amides is 1. The summed E-state index contributed by atoms with van der Waals surface area (Å²) in [7, 11) is 0. The maximum Gasteiger partial charge on any atom is 0.280 e. The fourth-order valence-electron chi connectivity index (χ4n) is 2.07. The third-order valence-corrected chi connectivity index (χ3v) is 4.42. The van der Waals surface area contributed by atoms with Crippen LogP contribution in [-0.2, 0) is 0 Å². The van der Waals surface area contributed by atoms with E-state index in [0.717, 1.165) is 22.4 Å². The zero-order valence-electron chi connectivity index (χ0n) is 12.7. The first-order valence-electron chi connectivity index (χ1n) is 7.01. The fourth-order valence-corrected chi connectivity index (χ4v) is 3.15. The second-order valence-corrected chi connectivity index (χ2v) is 7.50. The van der Waals surface area contributed by atoms with Crippen molar-refractivity contribution in [3.63, 3.8) is 0 Å².